The highest BCUT2D eigenvalue weighted by Gasteiger charge is 2.12. The average Bonchev–Trinajstić information content (AvgIpc) is 2.92. The Kier molecular flexibility index (Phi) is 5.23. The summed E-state index contributed by atoms with van der Waals surface area (Å²) in [6.45, 7) is -0.221. The normalized spacial score (nSPS) is 9.67. The van der Waals surface area contributed by atoms with E-state index in [4.69, 9.17) is 21.4 Å². The maximum atomic E-state index is 12.1. The number of anilines is 1. The second-order valence-electron chi connectivity index (χ2n) is 3.93. The molecule has 21 heavy (non-hydrogen) atoms. The smallest absolute Gasteiger partial charge is 0.265 e. The molecular formula is C15H12ClNO3S. The number of rotatable bonds is 3. The number of hydrogen-bond acceptors (Lipinski definition) is 4. The van der Waals surface area contributed by atoms with E-state index in [0.717, 1.165) is 0 Å². The third-order valence-corrected chi connectivity index (χ3v) is 3.79. The number of amides is 1. The number of carbonyl (C=O) groups is 1. The van der Waals surface area contributed by atoms with Crippen molar-refractivity contribution in [3.05, 3.63) is 45.1 Å². The first-order chi connectivity index (χ1) is 10.1. The van der Waals surface area contributed by atoms with E-state index in [-0.39, 0.29) is 12.5 Å². The van der Waals surface area contributed by atoms with Crippen molar-refractivity contribution in [2.75, 3.05) is 19.0 Å². The van der Waals surface area contributed by atoms with Gasteiger partial charge in [0, 0.05) is 5.56 Å². The van der Waals surface area contributed by atoms with Crippen molar-refractivity contribution in [3.63, 3.8) is 0 Å². The van der Waals surface area contributed by atoms with Gasteiger partial charge >= 0.3 is 0 Å². The van der Waals surface area contributed by atoms with Gasteiger partial charge in [0.2, 0.25) is 0 Å². The van der Waals surface area contributed by atoms with Gasteiger partial charge in [-0.25, -0.2) is 0 Å². The van der Waals surface area contributed by atoms with Crippen LogP contribution in [0, 0.1) is 11.8 Å². The van der Waals surface area contributed by atoms with Crippen LogP contribution in [0.15, 0.2) is 30.3 Å². The van der Waals surface area contributed by atoms with Crippen molar-refractivity contribution in [1.82, 2.24) is 0 Å². The molecule has 1 amide bonds. The van der Waals surface area contributed by atoms with Gasteiger partial charge in [-0.2, -0.15) is 0 Å². The van der Waals surface area contributed by atoms with Crippen molar-refractivity contribution in [3.8, 4) is 17.6 Å². The Balaban J connectivity index is 2.26. The molecule has 0 radical (unpaired) electrons. The topological polar surface area (TPSA) is 58.6 Å². The summed E-state index contributed by atoms with van der Waals surface area (Å²) in [5.74, 6) is 5.59. The predicted octanol–water partition coefficient (Wildman–Crippen LogP) is 3.01. The van der Waals surface area contributed by atoms with E-state index in [1.54, 1.807) is 30.3 Å². The van der Waals surface area contributed by atoms with Crippen molar-refractivity contribution in [1.29, 1.82) is 0 Å². The van der Waals surface area contributed by atoms with Gasteiger partial charge < -0.3 is 15.2 Å². The molecule has 2 rings (SSSR count). The molecule has 2 N–H and O–H groups in total. The minimum absolute atomic E-state index is 0.221. The van der Waals surface area contributed by atoms with E-state index in [0.29, 0.717) is 26.2 Å². The molecule has 1 aromatic heterocycles. The molecule has 0 aliphatic carbocycles. The van der Waals surface area contributed by atoms with Crippen LogP contribution in [-0.4, -0.2) is 24.7 Å². The molecule has 0 atom stereocenters. The Morgan fingerprint density at radius 1 is 1.43 bits per heavy atom. The number of carbonyl (C=O) groups excluding carboxylic acids is 1. The van der Waals surface area contributed by atoms with Crippen LogP contribution in [0.4, 0.5) is 5.69 Å². The third kappa shape index (κ3) is 3.99. The van der Waals surface area contributed by atoms with Crippen LogP contribution in [0.25, 0.3) is 0 Å². The van der Waals surface area contributed by atoms with Crippen molar-refractivity contribution in [2.24, 2.45) is 0 Å². The van der Waals surface area contributed by atoms with Crippen LogP contribution in [0.3, 0.4) is 0 Å². The summed E-state index contributed by atoms with van der Waals surface area (Å²) in [4.78, 5) is 12.6. The van der Waals surface area contributed by atoms with Crippen molar-refractivity contribution in [2.45, 2.75) is 0 Å². The summed E-state index contributed by atoms with van der Waals surface area (Å²) >= 11 is 7.02. The lowest BCUT2D eigenvalue weighted by Crippen LogP contribution is -2.11. The van der Waals surface area contributed by atoms with E-state index in [1.807, 2.05) is 0 Å². The molecular weight excluding hydrogens is 310 g/mol. The SMILES string of the molecule is COc1ccc(C#CCO)cc1NC(=O)c1ccc(Cl)s1. The quantitative estimate of drug-likeness (QED) is 0.854. The van der Waals surface area contributed by atoms with Crippen LogP contribution in [0.1, 0.15) is 15.2 Å². The minimum atomic E-state index is -0.266. The zero-order valence-electron chi connectivity index (χ0n) is 11.1. The summed E-state index contributed by atoms with van der Waals surface area (Å²) in [6, 6.07) is 8.47. The molecule has 0 saturated heterocycles. The maximum absolute atomic E-state index is 12.1. The van der Waals surface area contributed by atoms with E-state index < -0.39 is 0 Å². The van der Waals surface area contributed by atoms with Crippen LogP contribution in [0.5, 0.6) is 5.75 Å². The number of benzene rings is 1. The van der Waals surface area contributed by atoms with Gasteiger partial charge in [0.15, 0.2) is 0 Å². The van der Waals surface area contributed by atoms with E-state index in [1.165, 1.54) is 18.4 Å². The molecule has 1 heterocycles. The highest BCUT2D eigenvalue weighted by atomic mass is 35.5. The molecule has 0 bridgehead atoms. The molecule has 0 aliphatic heterocycles. The van der Waals surface area contributed by atoms with Crippen LogP contribution in [0.2, 0.25) is 4.34 Å². The highest BCUT2D eigenvalue weighted by molar-refractivity contribution is 7.18. The lowest BCUT2D eigenvalue weighted by Gasteiger charge is -2.10. The van der Waals surface area contributed by atoms with Gasteiger partial charge in [-0.3, -0.25) is 4.79 Å². The van der Waals surface area contributed by atoms with Crippen molar-refractivity contribution >= 4 is 34.5 Å². The molecule has 0 unspecified atom stereocenters. The minimum Gasteiger partial charge on any atom is -0.495 e. The molecule has 0 aliphatic rings. The second-order valence-corrected chi connectivity index (χ2v) is 5.65. The number of ether oxygens (including phenoxy) is 1. The zero-order valence-corrected chi connectivity index (χ0v) is 12.7. The van der Waals surface area contributed by atoms with Gasteiger partial charge in [0.1, 0.15) is 12.4 Å². The molecule has 0 saturated carbocycles. The number of aliphatic hydroxyl groups excluding tert-OH is 1. The van der Waals surface area contributed by atoms with Crippen molar-refractivity contribution < 1.29 is 14.6 Å². The number of nitrogens with one attached hydrogen (secondary N) is 1. The van der Waals surface area contributed by atoms with Gasteiger partial charge in [-0.15, -0.1) is 11.3 Å². The number of methoxy groups -OCH3 is 1. The fourth-order valence-corrected chi connectivity index (χ4v) is 2.58. The molecule has 108 valence electrons. The first-order valence-corrected chi connectivity index (χ1v) is 7.18. The standard InChI is InChI=1S/C15H12ClNO3S/c1-20-12-5-4-10(3-2-8-18)9-11(12)17-15(19)13-6-7-14(16)21-13/h4-7,9,18H,8H2,1H3,(H,17,19). The largest absolute Gasteiger partial charge is 0.495 e. The maximum Gasteiger partial charge on any atom is 0.265 e. The fourth-order valence-electron chi connectivity index (χ4n) is 1.65. The fraction of sp³-hybridized carbons (Fsp3) is 0.133. The Morgan fingerprint density at radius 3 is 2.86 bits per heavy atom. The van der Waals surface area contributed by atoms with E-state index >= 15 is 0 Å². The second kappa shape index (κ2) is 7.14. The Labute approximate surface area is 131 Å². The third-order valence-electron chi connectivity index (χ3n) is 2.56. The Bertz CT molecular complexity index is 715. The average molecular weight is 322 g/mol. The highest BCUT2D eigenvalue weighted by Crippen LogP contribution is 2.27. The number of thiophene rings is 1. The number of aliphatic hydroxyl groups is 1. The molecule has 1 aromatic carbocycles. The summed E-state index contributed by atoms with van der Waals surface area (Å²) < 4.78 is 5.76. The monoisotopic (exact) mass is 321 g/mol. The zero-order chi connectivity index (χ0) is 15.2. The number of halogens is 1. The first-order valence-electron chi connectivity index (χ1n) is 5.98. The molecule has 2 aromatic rings. The summed E-state index contributed by atoms with van der Waals surface area (Å²) in [5, 5.41) is 11.5. The summed E-state index contributed by atoms with van der Waals surface area (Å²) in [5.41, 5.74) is 1.18. The molecule has 0 spiro atoms. The van der Waals surface area contributed by atoms with E-state index in [2.05, 4.69) is 17.2 Å². The molecule has 6 heteroatoms. The summed E-state index contributed by atoms with van der Waals surface area (Å²) in [7, 11) is 1.52. The van der Waals surface area contributed by atoms with E-state index in [9.17, 15) is 4.79 Å². The van der Waals surface area contributed by atoms with Crippen LogP contribution < -0.4 is 10.1 Å². The van der Waals surface area contributed by atoms with Gasteiger partial charge in [0.05, 0.1) is 22.0 Å². The predicted molar refractivity (Wildman–Crippen MR) is 84.2 cm³/mol. The Morgan fingerprint density at radius 2 is 2.24 bits per heavy atom. The van der Waals surface area contributed by atoms with Gasteiger partial charge in [0.25, 0.3) is 5.91 Å². The van der Waals surface area contributed by atoms with Crippen LogP contribution in [-0.2, 0) is 0 Å². The summed E-state index contributed by atoms with van der Waals surface area (Å²) in [6.07, 6.45) is 0. The molecule has 0 fully saturated rings. The van der Waals surface area contributed by atoms with Gasteiger partial charge in [-0.05, 0) is 30.3 Å². The number of hydrogen-bond donors (Lipinski definition) is 2. The van der Waals surface area contributed by atoms with Crippen LogP contribution >= 0.6 is 22.9 Å². The lowest BCUT2D eigenvalue weighted by molar-refractivity contribution is 0.103. The lowest BCUT2D eigenvalue weighted by atomic mass is 10.2. The Hall–Kier alpha value is -2.00. The first kappa shape index (κ1) is 15.4. The molecule has 4 nitrogen and oxygen atoms in total. The van der Waals surface area contributed by atoms with Gasteiger partial charge in [-0.1, -0.05) is 23.4 Å².